The molecule has 0 spiro atoms. The fourth-order valence-electron chi connectivity index (χ4n) is 2.91. The van der Waals surface area contributed by atoms with E-state index in [1.54, 1.807) is 12.1 Å². The summed E-state index contributed by atoms with van der Waals surface area (Å²) in [6.07, 6.45) is 2.25. The van der Waals surface area contributed by atoms with Crippen LogP contribution in [0, 0.1) is 5.82 Å². The van der Waals surface area contributed by atoms with E-state index in [2.05, 4.69) is 31.0 Å². The van der Waals surface area contributed by atoms with Crippen LogP contribution in [0.25, 0.3) is 0 Å². The first-order valence-electron chi connectivity index (χ1n) is 7.35. The fourth-order valence-corrected chi connectivity index (χ4v) is 3.13. The van der Waals surface area contributed by atoms with Crippen molar-refractivity contribution in [2.75, 3.05) is 13.1 Å². The summed E-state index contributed by atoms with van der Waals surface area (Å²) in [7, 11) is 0. The zero-order chi connectivity index (χ0) is 14.8. The highest BCUT2D eigenvalue weighted by Crippen LogP contribution is 2.25. The van der Waals surface area contributed by atoms with Crippen LogP contribution in [0.3, 0.4) is 0 Å². The van der Waals surface area contributed by atoms with E-state index < -0.39 is 0 Å². The molecule has 0 aromatic heterocycles. The molecule has 1 aromatic carbocycles. The molecule has 1 saturated heterocycles. The molecule has 0 aliphatic carbocycles. The highest BCUT2D eigenvalue weighted by atomic mass is 35.5. The summed E-state index contributed by atoms with van der Waals surface area (Å²) >= 11 is 6.16. The number of hydrogen-bond acceptors (Lipinski definition) is 2. The van der Waals surface area contributed by atoms with Gasteiger partial charge in [-0.25, -0.2) is 4.39 Å². The van der Waals surface area contributed by atoms with Gasteiger partial charge in [0.05, 0.1) is 0 Å². The van der Waals surface area contributed by atoms with Crippen LogP contribution in [0.15, 0.2) is 18.2 Å². The van der Waals surface area contributed by atoms with Crippen LogP contribution >= 0.6 is 11.6 Å². The Morgan fingerprint density at radius 3 is 2.85 bits per heavy atom. The molecule has 1 N–H and O–H groups in total. The summed E-state index contributed by atoms with van der Waals surface area (Å²) in [6.45, 7) is 9.00. The van der Waals surface area contributed by atoms with Crippen LogP contribution in [-0.2, 0) is 6.54 Å². The Balaban J connectivity index is 2.18. The summed E-state index contributed by atoms with van der Waals surface area (Å²) in [5, 5.41) is 4.09. The SMILES string of the molecule is CCCC1CNC(C)(C)CN1Cc1c(F)cccc1Cl. The smallest absolute Gasteiger partial charge is 0.129 e. The maximum atomic E-state index is 14.0. The molecule has 1 aliphatic rings. The van der Waals surface area contributed by atoms with E-state index in [4.69, 9.17) is 11.6 Å². The van der Waals surface area contributed by atoms with Gasteiger partial charge in [-0.1, -0.05) is 31.0 Å². The molecule has 112 valence electrons. The molecule has 1 fully saturated rings. The van der Waals surface area contributed by atoms with Crippen molar-refractivity contribution in [3.05, 3.63) is 34.6 Å². The Kier molecular flexibility index (Phi) is 5.05. The van der Waals surface area contributed by atoms with E-state index in [0.717, 1.165) is 25.9 Å². The van der Waals surface area contributed by atoms with Gasteiger partial charge in [0, 0.05) is 41.8 Å². The lowest BCUT2D eigenvalue weighted by Crippen LogP contribution is -2.61. The van der Waals surface area contributed by atoms with Crippen LogP contribution in [0.1, 0.15) is 39.2 Å². The molecular formula is C16H24ClFN2. The number of benzene rings is 1. The third-order valence-corrected chi connectivity index (χ3v) is 4.33. The van der Waals surface area contributed by atoms with E-state index in [1.807, 2.05) is 0 Å². The molecule has 2 nitrogen and oxygen atoms in total. The molecule has 0 saturated carbocycles. The van der Waals surface area contributed by atoms with Gasteiger partial charge in [0.1, 0.15) is 5.82 Å². The molecule has 0 amide bonds. The largest absolute Gasteiger partial charge is 0.309 e. The molecule has 1 atom stereocenters. The van der Waals surface area contributed by atoms with Gasteiger partial charge >= 0.3 is 0 Å². The summed E-state index contributed by atoms with van der Waals surface area (Å²) in [5.74, 6) is -0.205. The van der Waals surface area contributed by atoms with Crippen LogP contribution in [0.5, 0.6) is 0 Å². The predicted octanol–water partition coefficient (Wildman–Crippen LogP) is 3.83. The van der Waals surface area contributed by atoms with Crippen molar-refractivity contribution in [1.29, 1.82) is 0 Å². The third-order valence-electron chi connectivity index (χ3n) is 3.98. The highest BCUT2D eigenvalue weighted by Gasteiger charge is 2.32. The maximum absolute atomic E-state index is 14.0. The van der Waals surface area contributed by atoms with Crippen molar-refractivity contribution in [1.82, 2.24) is 10.2 Å². The van der Waals surface area contributed by atoms with Gasteiger partial charge in [-0.3, -0.25) is 4.90 Å². The number of hydrogen-bond donors (Lipinski definition) is 1. The molecule has 0 bridgehead atoms. The predicted molar refractivity (Wildman–Crippen MR) is 82.6 cm³/mol. The minimum Gasteiger partial charge on any atom is -0.309 e. The lowest BCUT2D eigenvalue weighted by molar-refractivity contribution is 0.0817. The van der Waals surface area contributed by atoms with E-state index in [0.29, 0.717) is 23.2 Å². The molecule has 20 heavy (non-hydrogen) atoms. The monoisotopic (exact) mass is 298 g/mol. The zero-order valence-electron chi connectivity index (χ0n) is 12.5. The lowest BCUT2D eigenvalue weighted by atomic mass is 9.96. The van der Waals surface area contributed by atoms with Crippen molar-refractivity contribution in [3.63, 3.8) is 0 Å². The van der Waals surface area contributed by atoms with Gasteiger partial charge in [0.25, 0.3) is 0 Å². The first-order chi connectivity index (χ1) is 9.43. The van der Waals surface area contributed by atoms with Crippen molar-refractivity contribution in [2.24, 2.45) is 0 Å². The van der Waals surface area contributed by atoms with Gasteiger partial charge < -0.3 is 5.32 Å². The normalized spacial score (nSPS) is 22.9. The number of rotatable bonds is 4. The quantitative estimate of drug-likeness (QED) is 0.909. The highest BCUT2D eigenvalue weighted by molar-refractivity contribution is 6.31. The van der Waals surface area contributed by atoms with Gasteiger partial charge in [-0.05, 0) is 32.4 Å². The molecule has 1 heterocycles. The number of nitrogens with one attached hydrogen (secondary N) is 1. The topological polar surface area (TPSA) is 15.3 Å². The van der Waals surface area contributed by atoms with Crippen LogP contribution in [0.4, 0.5) is 4.39 Å². The van der Waals surface area contributed by atoms with Crippen molar-refractivity contribution < 1.29 is 4.39 Å². The van der Waals surface area contributed by atoms with Gasteiger partial charge in [-0.15, -0.1) is 0 Å². The minimum absolute atomic E-state index is 0.0575. The average Bonchev–Trinajstić information content (AvgIpc) is 2.37. The Hall–Kier alpha value is -0.640. The Bertz CT molecular complexity index is 442. The summed E-state index contributed by atoms with van der Waals surface area (Å²) in [5.41, 5.74) is 0.676. The van der Waals surface area contributed by atoms with E-state index in [-0.39, 0.29) is 11.4 Å². The number of halogens is 2. The van der Waals surface area contributed by atoms with Gasteiger partial charge in [0.2, 0.25) is 0 Å². The van der Waals surface area contributed by atoms with Crippen LogP contribution < -0.4 is 5.32 Å². The Labute approximate surface area is 126 Å². The average molecular weight is 299 g/mol. The molecule has 2 rings (SSSR count). The molecular weight excluding hydrogens is 275 g/mol. The zero-order valence-corrected chi connectivity index (χ0v) is 13.3. The Morgan fingerprint density at radius 2 is 2.20 bits per heavy atom. The molecule has 0 radical (unpaired) electrons. The number of piperazine rings is 1. The molecule has 1 unspecified atom stereocenters. The maximum Gasteiger partial charge on any atom is 0.129 e. The van der Waals surface area contributed by atoms with Gasteiger partial charge in [-0.2, -0.15) is 0 Å². The second-order valence-electron chi connectivity index (χ2n) is 6.31. The number of nitrogens with zero attached hydrogens (tertiary/aromatic N) is 1. The Morgan fingerprint density at radius 1 is 1.45 bits per heavy atom. The summed E-state index contributed by atoms with van der Waals surface area (Å²) in [4.78, 5) is 2.37. The summed E-state index contributed by atoms with van der Waals surface area (Å²) in [6, 6.07) is 5.36. The first kappa shape index (κ1) is 15.7. The minimum atomic E-state index is -0.205. The molecule has 1 aliphatic heterocycles. The summed E-state index contributed by atoms with van der Waals surface area (Å²) < 4.78 is 14.0. The van der Waals surface area contributed by atoms with E-state index in [1.165, 1.54) is 6.07 Å². The van der Waals surface area contributed by atoms with Crippen LogP contribution in [0.2, 0.25) is 5.02 Å². The fraction of sp³-hybridized carbons (Fsp3) is 0.625. The first-order valence-corrected chi connectivity index (χ1v) is 7.72. The standard InChI is InChI=1S/C16H24ClFN2/c1-4-6-12-9-19-16(2,3)11-20(12)10-13-14(17)7-5-8-15(13)18/h5,7-8,12,19H,4,6,9-11H2,1-3H3. The van der Waals surface area contributed by atoms with Crippen LogP contribution in [-0.4, -0.2) is 29.6 Å². The van der Waals surface area contributed by atoms with Crippen molar-refractivity contribution in [3.8, 4) is 0 Å². The second kappa shape index (κ2) is 6.42. The van der Waals surface area contributed by atoms with Gasteiger partial charge in [0.15, 0.2) is 0 Å². The second-order valence-corrected chi connectivity index (χ2v) is 6.72. The van der Waals surface area contributed by atoms with E-state index >= 15 is 0 Å². The third kappa shape index (κ3) is 3.72. The van der Waals surface area contributed by atoms with Crippen molar-refractivity contribution in [2.45, 2.75) is 51.7 Å². The van der Waals surface area contributed by atoms with E-state index in [9.17, 15) is 4.39 Å². The molecule has 4 heteroatoms. The van der Waals surface area contributed by atoms with Crippen molar-refractivity contribution >= 4 is 11.6 Å². The molecule has 1 aromatic rings. The lowest BCUT2D eigenvalue weighted by Gasteiger charge is -2.45.